The van der Waals surface area contributed by atoms with E-state index in [1.165, 1.54) is 20.5 Å². The fourth-order valence-corrected chi connectivity index (χ4v) is 5.53. The third-order valence-corrected chi connectivity index (χ3v) is 7.28. The van der Waals surface area contributed by atoms with Crippen LogP contribution in [-0.4, -0.2) is 27.7 Å². The standard InChI is InChI=1S/C24H29N3O4S/c1-4-15(3)25-20(28)14-26-23-21(18-8-6-7-9-19(18)32-23)22(29)27(24(26)30)16-10-12-17(13-11-16)31-5-2/h10-13,15H,4-9,14H2,1-3H3,(H,25,28)/t15-/m1/s1. The van der Waals surface area contributed by atoms with Gasteiger partial charge in [0.15, 0.2) is 0 Å². The Labute approximate surface area is 190 Å². The summed E-state index contributed by atoms with van der Waals surface area (Å²) in [5.41, 5.74) is 0.700. The lowest BCUT2D eigenvalue weighted by Crippen LogP contribution is -2.42. The molecule has 0 aliphatic heterocycles. The van der Waals surface area contributed by atoms with Crippen molar-refractivity contribution in [3.63, 3.8) is 0 Å². The summed E-state index contributed by atoms with van der Waals surface area (Å²) in [7, 11) is 0. The number of rotatable bonds is 7. The Kier molecular flexibility index (Phi) is 6.50. The number of nitrogens with zero attached hydrogens (tertiary/aromatic N) is 2. The lowest BCUT2D eigenvalue weighted by Gasteiger charge is -2.15. The van der Waals surface area contributed by atoms with E-state index in [4.69, 9.17) is 4.74 Å². The number of nitrogens with one attached hydrogen (secondary N) is 1. The van der Waals surface area contributed by atoms with Gasteiger partial charge in [-0.05, 0) is 75.8 Å². The molecule has 1 amide bonds. The number of benzene rings is 1. The van der Waals surface area contributed by atoms with E-state index in [0.29, 0.717) is 28.3 Å². The average Bonchev–Trinajstić information content (AvgIpc) is 3.17. The lowest BCUT2D eigenvalue weighted by atomic mass is 9.97. The van der Waals surface area contributed by atoms with E-state index < -0.39 is 5.69 Å². The first kappa shape index (κ1) is 22.3. The maximum absolute atomic E-state index is 13.6. The first-order valence-corrected chi connectivity index (χ1v) is 12.1. The zero-order chi connectivity index (χ0) is 22.8. The number of amides is 1. The van der Waals surface area contributed by atoms with Crippen molar-refractivity contribution in [3.8, 4) is 11.4 Å². The highest BCUT2D eigenvalue weighted by molar-refractivity contribution is 7.18. The van der Waals surface area contributed by atoms with Gasteiger partial charge in [-0.1, -0.05) is 6.92 Å². The quantitative estimate of drug-likeness (QED) is 0.592. The Morgan fingerprint density at radius 1 is 1.16 bits per heavy atom. The second kappa shape index (κ2) is 9.32. The zero-order valence-electron chi connectivity index (χ0n) is 18.8. The Hall–Kier alpha value is -2.87. The Bertz CT molecular complexity index is 1250. The van der Waals surface area contributed by atoms with Crippen LogP contribution in [0.1, 0.15) is 50.5 Å². The normalized spacial score (nSPS) is 14.2. The van der Waals surface area contributed by atoms with Gasteiger partial charge in [0.1, 0.15) is 17.1 Å². The molecular weight excluding hydrogens is 426 g/mol. The van der Waals surface area contributed by atoms with Crippen molar-refractivity contribution in [2.45, 2.75) is 65.5 Å². The Morgan fingerprint density at radius 3 is 2.56 bits per heavy atom. The van der Waals surface area contributed by atoms with Crippen molar-refractivity contribution in [2.24, 2.45) is 0 Å². The van der Waals surface area contributed by atoms with E-state index in [9.17, 15) is 14.4 Å². The fraction of sp³-hybridized carbons (Fsp3) is 0.458. The van der Waals surface area contributed by atoms with Crippen LogP contribution in [0.5, 0.6) is 5.75 Å². The predicted octanol–water partition coefficient (Wildman–Crippen LogP) is 3.41. The molecular formula is C24H29N3O4S. The fourth-order valence-electron chi connectivity index (χ4n) is 4.16. The summed E-state index contributed by atoms with van der Waals surface area (Å²) in [6.45, 7) is 6.24. The summed E-state index contributed by atoms with van der Waals surface area (Å²) >= 11 is 1.48. The second-order valence-corrected chi connectivity index (χ2v) is 9.29. The highest BCUT2D eigenvalue weighted by atomic mass is 32.1. The predicted molar refractivity (Wildman–Crippen MR) is 127 cm³/mol. The summed E-state index contributed by atoms with van der Waals surface area (Å²) in [5.74, 6) is 0.442. The van der Waals surface area contributed by atoms with Gasteiger partial charge in [-0.3, -0.25) is 14.2 Å². The minimum atomic E-state index is -0.496. The SMILES string of the molecule is CCOc1ccc(-n2c(=O)c3c4c(sc3n(CC(=O)N[C@H](C)CC)c2=O)CCCC4)cc1. The molecule has 1 atom stereocenters. The van der Waals surface area contributed by atoms with Crippen LogP contribution in [-0.2, 0) is 24.2 Å². The first-order chi connectivity index (χ1) is 15.4. The van der Waals surface area contributed by atoms with Gasteiger partial charge in [0.05, 0.1) is 17.7 Å². The molecule has 1 aliphatic carbocycles. The molecule has 0 saturated heterocycles. The Morgan fingerprint density at radius 2 is 1.88 bits per heavy atom. The van der Waals surface area contributed by atoms with Crippen molar-refractivity contribution in [2.75, 3.05) is 6.61 Å². The van der Waals surface area contributed by atoms with Crippen LogP contribution in [0, 0.1) is 0 Å². The van der Waals surface area contributed by atoms with Crippen LogP contribution in [0.2, 0.25) is 0 Å². The largest absolute Gasteiger partial charge is 0.494 e. The minimum absolute atomic E-state index is 0.0160. The summed E-state index contributed by atoms with van der Waals surface area (Å²) < 4.78 is 8.15. The molecule has 1 aliphatic rings. The minimum Gasteiger partial charge on any atom is -0.494 e. The number of hydrogen-bond donors (Lipinski definition) is 1. The molecule has 0 saturated carbocycles. The average molecular weight is 456 g/mol. The highest BCUT2D eigenvalue weighted by Crippen LogP contribution is 2.34. The molecule has 0 unspecified atom stereocenters. The van der Waals surface area contributed by atoms with E-state index in [0.717, 1.165) is 42.5 Å². The molecule has 8 heteroatoms. The van der Waals surface area contributed by atoms with Gasteiger partial charge >= 0.3 is 5.69 Å². The molecule has 32 heavy (non-hydrogen) atoms. The first-order valence-electron chi connectivity index (χ1n) is 11.3. The second-order valence-electron chi connectivity index (χ2n) is 8.20. The molecule has 4 rings (SSSR count). The molecule has 0 bridgehead atoms. The monoisotopic (exact) mass is 455 g/mol. The summed E-state index contributed by atoms with van der Waals surface area (Å²) in [5, 5.41) is 3.51. The van der Waals surface area contributed by atoms with Crippen LogP contribution in [0.15, 0.2) is 33.9 Å². The molecule has 0 fully saturated rings. The molecule has 0 radical (unpaired) electrons. The molecule has 7 nitrogen and oxygen atoms in total. The summed E-state index contributed by atoms with van der Waals surface area (Å²) in [6.07, 6.45) is 4.63. The van der Waals surface area contributed by atoms with Gasteiger partial charge < -0.3 is 10.1 Å². The van der Waals surface area contributed by atoms with Crippen LogP contribution >= 0.6 is 11.3 Å². The molecule has 2 heterocycles. The smallest absolute Gasteiger partial charge is 0.337 e. The number of ether oxygens (including phenoxy) is 1. The lowest BCUT2D eigenvalue weighted by molar-refractivity contribution is -0.122. The van der Waals surface area contributed by atoms with Crippen molar-refractivity contribution in [1.82, 2.24) is 14.5 Å². The van der Waals surface area contributed by atoms with Gasteiger partial charge in [0.2, 0.25) is 5.91 Å². The van der Waals surface area contributed by atoms with Gasteiger partial charge in [0, 0.05) is 10.9 Å². The molecule has 170 valence electrons. The number of aryl methyl sites for hydroxylation is 2. The maximum Gasteiger partial charge on any atom is 0.337 e. The van der Waals surface area contributed by atoms with Gasteiger partial charge in [0.25, 0.3) is 5.56 Å². The number of hydrogen-bond acceptors (Lipinski definition) is 5. The number of aromatic nitrogens is 2. The van der Waals surface area contributed by atoms with Crippen LogP contribution in [0.25, 0.3) is 15.9 Å². The molecule has 1 N–H and O–H groups in total. The van der Waals surface area contributed by atoms with Crippen LogP contribution < -0.4 is 21.3 Å². The van der Waals surface area contributed by atoms with E-state index in [2.05, 4.69) is 5.32 Å². The van der Waals surface area contributed by atoms with E-state index >= 15 is 0 Å². The van der Waals surface area contributed by atoms with Crippen molar-refractivity contribution in [3.05, 3.63) is 55.5 Å². The van der Waals surface area contributed by atoms with Gasteiger partial charge in [-0.25, -0.2) is 9.36 Å². The number of thiophene rings is 1. The van der Waals surface area contributed by atoms with Gasteiger partial charge in [-0.15, -0.1) is 11.3 Å². The maximum atomic E-state index is 13.6. The number of fused-ring (bicyclic) bond motifs is 3. The van der Waals surface area contributed by atoms with Gasteiger partial charge in [-0.2, -0.15) is 0 Å². The van der Waals surface area contributed by atoms with Crippen molar-refractivity contribution < 1.29 is 9.53 Å². The topological polar surface area (TPSA) is 82.3 Å². The molecule has 3 aromatic rings. The van der Waals surface area contributed by atoms with Crippen LogP contribution in [0.3, 0.4) is 0 Å². The number of carbonyl (C=O) groups excluding carboxylic acids is 1. The van der Waals surface area contributed by atoms with E-state index in [-0.39, 0.29) is 24.1 Å². The summed E-state index contributed by atoms with van der Waals surface area (Å²) in [6, 6.07) is 6.93. The number of carbonyl (C=O) groups is 1. The van der Waals surface area contributed by atoms with E-state index in [1.54, 1.807) is 24.3 Å². The van der Waals surface area contributed by atoms with Crippen molar-refractivity contribution >= 4 is 27.5 Å². The zero-order valence-corrected chi connectivity index (χ0v) is 19.6. The molecule has 0 spiro atoms. The summed E-state index contributed by atoms with van der Waals surface area (Å²) in [4.78, 5) is 41.6. The Balaban J connectivity index is 1.91. The third kappa shape index (κ3) is 4.11. The highest BCUT2D eigenvalue weighted by Gasteiger charge is 2.25. The third-order valence-electron chi connectivity index (χ3n) is 5.96. The van der Waals surface area contributed by atoms with Crippen LogP contribution in [0.4, 0.5) is 0 Å². The van der Waals surface area contributed by atoms with E-state index in [1.807, 2.05) is 20.8 Å². The molecule has 2 aromatic heterocycles. The van der Waals surface area contributed by atoms with Crippen molar-refractivity contribution in [1.29, 1.82) is 0 Å². The molecule has 1 aromatic carbocycles.